The van der Waals surface area contributed by atoms with Crippen molar-refractivity contribution in [2.75, 3.05) is 45.2 Å². The maximum Gasteiger partial charge on any atom is 0.138 e. The Bertz CT molecular complexity index is 1070. The molecule has 0 N–H and O–H groups in total. The fourth-order valence-corrected chi connectivity index (χ4v) is 4.42. The summed E-state index contributed by atoms with van der Waals surface area (Å²) in [6, 6.07) is 8.31. The molecule has 0 aromatic carbocycles. The van der Waals surface area contributed by atoms with E-state index in [1.165, 1.54) is 32.4 Å². The Morgan fingerprint density at radius 3 is 2.90 bits per heavy atom. The molecule has 0 spiro atoms. The van der Waals surface area contributed by atoms with E-state index in [0.29, 0.717) is 12.2 Å². The highest BCUT2D eigenvalue weighted by Gasteiger charge is 2.18. The fourth-order valence-electron chi connectivity index (χ4n) is 4.42. The molecule has 1 atom stereocenters. The number of nitrogens with zero attached hydrogens (tertiary/aromatic N) is 6. The zero-order valence-corrected chi connectivity index (χ0v) is 18.6. The molecular formula is C24H30N6O. The fraction of sp³-hybridized carbons (Fsp3) is 0.458. The third-order valence-electron chi connectivity index (χ3n) is 6.06. The molecule has 1 unspecified atom stereocenters. The lowest BCUT2D eigenvalue weighted by atomic mass is 9.95. The number of hydrogen-bond acceptors (Lipinski definition) is 6. The Morgan fingerprint density at radius 1 is 1.32 bits per heavy atom. The summed E-state index contributed by atoms with van der Waals surface area (Å²) in [5.74, 6) is 2.44. The van der Waals surface area contributed by atoms with Crippen LogP contribution in [0.1, 0.15) is 31.7 Å². The molecule has 4 rings (SSSR count). The summed E-state index contributed by atoms with van der Waals surface area (Å²) in [5, 5.41) is 13.8. The first-order valence-electron chi connectivity index (χ1n) is 11.0. The number of aromatic nitrogens is 3. The first-order chi connectivity index (χ1) is 15.1. The number of likely N-dealkylation sites (tertiary alicyclic amines) is 1. The zero-order valence-electron chi connectivity index (χ0n) is 18.6. The van der Waals surface area contributed by atoms with Crippen LogP contribution in [-0.2, 0) is 0 Å². The molecule has 3 aromatic heterocycles. The Labute approximate surface area is 183 Å². The lowest BCUT2D eigenvalue weighted by Crippen LogP contribution is -2.34. The van der Waals surface area contributed by atoms with Gasteiger partial charge < -0.3 is 14.5 Å². The van der Waals surface area contributed by atoms with Crippen molar-refractivity contribution in [2.45, 2.75) is 26.2 Å². The van der Waals surface area contributed by atoms with Crippen molar-refractivity contribution < 1.29 is 4.74 Å². The SMILES string of the molecule is CCOc1cc(-c2ccc(N(C)CCC3CCCN(C)C3)nc2)c2c(C#N)cnn2c1. The normalized spacial score (nSPS) is 16.9. The molecule has 7 heteroatoms. The minimum atomic E-state index is 0.539. The van der Waals surface area contributed by atoms with E-state index in [-0.39, 0.29) is 0 Å². The quantitative estimate of drug-likeness (QED) is 0.581. The van der Waals surface area contributed by atoms with Crippen molar-refractivity contribution in [3.63, 3.8) is 0 Å². The van der Waals surface area contributed by atoms with Crippen molar-refractivity contribution in [2.24, 2.45) is 5.92 Å². The van der Waals surface area contributed by atoms with Gasteiger partial charge >= 0.3 is 0 Å². The minimum absolute atomic E-state index is 0.539. The number of nitriles is 1. The molecule has 0 saturated carbocycles. The average Bonchev–Trinajstić information content (AvgIpc) is 3.20. The Balaban J connectivity index is 1.54. The summed E-state index contributed by atoms with van der Waals surface area (Å²) in [5.41, 5.74) is 3.15. The summed E-state index contributed by atoms with van der Waals surface area (Å²) in [6.45, 7) is 5.92. The number of piperidine rings is 1. The van der Waals surface area contributed by atoms with Gasteiger partial charge in [0, 0.05) is 37.5 Å². The molecule has 7 nitrogen and oxygen atoms in total. The van der Waals surface area contributed by atoms with E-state index in [4.69, 9.17) is 9.72 Å². The van der Waals surface area contributed by atoms with Crippen LogP contribution in [-0.4, -0.2) is 59.8 Å². The van der Waals surface area contributed by atoms with Crippen LogP contribution in [0.3, 0.4) is 0 Å². The van der Waals surface area contributed by atoms with Crippen molar-refractivity contribution in [3.8, 4) is 22.9 Å². The molecule has 0 radical (unpaired) electrons. The number of fused-ring (bicyclic) bond motifs is 1. The topological polar surface area (TPSA) is 69.7 Å². The summed E-state index contributed by atoms with van der Waals surface area (Å²) < 4.78 is 7.41. The van der Waals surface area contributed by atoms with Gasteiger partial charge in [-0.3, -0.25) is 0 Å². The van der Waals surface area contributed by atoms with Gasteiger partial charge in [0.25, 0.3) is 0 Å². The van der Waals surface area contributed by atoms with Crippen LogP contribution >= 0.6 is 0 Å². The largest absolute Gasteiger partial charge is 0.492 e. The highest BCUT2D eigenvalue weighted by atomic mass is 16.5. The first-order valence-corrected chi connectivity index (χ1v) is 11.0. The molecule has 1 aliphatic rings. The second-order valence-corrected chi connectivity index (χ2v) is 8.37. The van der Waals surface area contributed by atoms with E-state index >= 15 is 0 Å². The molecule has 31 heavy (non-hydrogen) atoms. The van der Waals surface area contributed by atoms with Gasteiger partial charge in [-0.1, -0.05) is 0 Å². The van der Waals surface area contributed by atoms with Crippen LogP contribution in [0, 0.1) is 17.2 Å². The molecule has 4 heterocycles. The highest BCUT2D eigenvalue weighted by Crippen LogP contribution is 2.31. The predicted octanol–water partition coefficient (Wildman–Crippen LogP) is 3.83. The third kappa shape index (κ3) is 4.64. The van der Waals surface area contributed by atoms with Gasteiger partial charge in [0.2, 0.25) is 0 Å². The van der Waals surface area contributed by atoms with Gasteiger partial charge in [-0.15, -0.1) is 0 Å². The highest BCUT2D eigenvalue weighted by molar-refractivity contribution is 5.85. The van der Waals surface area contributed by atoms with Crippen molar-refractivity contribution in [3.05, 3.63) is 42.4 Å². The van der Waals surface area contributed by atoms with Gasteiger partial charge in [-0.2, -0.15) is 10.4 Å². The van der Waals surface area contributed by atoms with Crippen molar-refractivity contribution in [1.29, 1.82) is 5.26 Å². The number of hydrogen-bond donors (Lipinski definition) is 0. The van der Waals surface area contributed by atoms with Gasteiger partial charge in [-0.25, -0.2) is 9.50 Å². The van der Waals surface area contributed by atoms with Gasteiger partial charge in [-0.05, 0) is 63.9 Å². The first kappa shape index (κ1) is 21.1. The Morgan fingerprint density at radius 2 is 2.19 bits per heavy atom. The van der Waals surface area contributed by atoms with Crippen LogP contribution < -0.4 is 9.64 Å². The second kappa shape index (κ2) is 9.36. The molecule has 3 aromatic rings. The lowest BCUT2D eigenvalue weighted by molar-refractivity contribution is 0.203. The van der Waals surface area contributed by atoms with E-state index < -0.39 is 0 Å². The van der Waals surface area contributed by atoms with Gasteiger partial charge in [0.1, 0.15) is 17.6 Å². The third-order valence-corrected chi connectivity index (χ3v) is 6.06. The molecular weight excluding hydrogens is 388 g/mol. The molecule has 0 aliphatic carbocycles. The second-order valence-electron chi connectivity index (χ2n) is 8.37. The van der Waals surface area contributed by atoms with E-state index in [2.05, 4.69) is 47.2 Å². The van der Waals surface area contributed by atoms with Crippen LogP contribution in [0.4, 0.5) is 5.82 Å². The zero-order chi connectivity index (χ0) is 21.8. The maximum absolute atomic E-state index is 9.51. The molecule has 0 amide bonds. The standard InChI is InChI=1S/C24H30N6O/c1-4-31-21-12-22(24-20(13-25)15-27-30(24)17-21)19-7-8-23(26-14-19)29(3)11-9-18-6-5-10-28(2)16-18/h7-8,12,14-15,17-18H,4-6,9-11,16H2,1-3H3. The number of rotatable bonds is 7. The molecule has 162 valence electrons. The summed E-state index contributed by atoms with van der Waals surface area (Å²) in [6.07, 6.45) is 9.08. The average molecular weight is 419 g/mol. The number of ether oxygens (including phenoxy) is 1. The number of anilines is 1. The molecule has 1 saturated heterocycles. The van der Waals surface area contributed by atoms with Crippen LogP contribution in [0.2, 0.25) is 0 Å². The van der Waals surface area contributed by atoms with Crippen LogP contribution in [0.5, 0.6) is 5.75 Å². The van der Waals surface area contributed by atoms with Crippen molar-refractivity contribution in [1.82, 2.24) is 19.5 Å². The van der Waals surface area contributed by atoms with Crippen LogP contribution in [0.25, 0.3) is 16.6 Å². The summed E-state index contributed by atoms with van der Waals surface area (Å²) in [4.78, 5) is 9.38. The predicted molar refractivity (Wildman–Crippen MR) is 122 cm³/mol. The van der Waals surface area contributed by atoms with Gasteiger partial charge in [0.05, 0.1) is 30.1 Å². The van der Waals surface area contributed by atoms with Crippen LogP contribution in [0.15, 0.2) is 36.8 Å². The summed E-state index contributed by atoms with van der Waals surface area (Å²) in [7, 11) is 4.32. The smallest absolute Gasteiger partial charge is 0.138 e. The molecule has 1 aliphatic heterocycles. The van der Waals surface area contributed by atoms with Gasteiger partial charge in [0.15, 0.2) is 0 Å². The molecule has 0 bridgehead atoms. The van der Waals surface area contributed by atoms with E-state index in [0.717, 1.165) is 40.7 Å². The monoisotopic (exact) mass is 418 g/mol. The van der Waals surface area contributed by atoms with Crippen molar-refractivity contribution >= 4 is 11.3 Å². The number of pyridine rings is 2. The van der Waals surface area contributed by atoms with E-state index in [1.54, 1.807) is 16.9 Å². The van der Waals surface area contributed by atoms with E-state index in [1.807, 2.05) is 19.2 Å². The maximum atomic E-state index is 9.51. The Hall–Kier alpha value is -3.11. The molecule has 1 fully saturated rings. The Kier molecular flexibility index (Phi) is 6.38. The summed E-state index contributed by atoms with van der Waals surface area (Å²) >= 11 is 0. The minimum Gasteiger partial charge on any atom is -0.492 e. The lowest BCUT2D eigenvalue weighted by Gasteiger charge is -2.31. The van der Waals surface area contributed by atoms with E-state index in [9.17, 15) is 5.26 Å².